The summed E-state index contributed by atoms with van der Waals surface area (Å²) in [4.78, 5) is 27.2. The third-order valence-electron chi connectivity index (χ3n) is 4.68. The maximum absolute atomic E-state index is 12.0. The highest BCUT2D eigenvalue weighted by Gasteiger charge is 2.26. The minimum Gasteiger partial charge on any atom is -0.444 e. The Morgan fingerprint density at radius 2 is 1.90 bits per heavy atom. The number of amides is 1. The smallest absolute Gasteiger partial charge is 0.407 e. The summed E-state index contributed by atoms with van der Waals surface area (Å²) in [5.41, 5.74) is 13.7. The summed E-state index contributed by atoms with van der Waals surface area (Å²) in [7, 11) is 0. The molecule has 0 bridgehead atoms. The lowest BCUT2D eigenvalue weighted by atomic mass is 10.0. The van der Waals surface area contributed by atoms with Gasteiger partial charge in [0, 0.05) is 36.5 Å². The van der Waals surface area contributed by atoms with Gasteiger partial charge in [0.25, 0.3) is 0 Å². The molecule has 156 valence electrons. The van der Waals surface area contributed by atoms with Gasteiger partial charge in [-0.05, 0) is 52.7 Å². The molecule has 2 aromatic rings. The van der Waals surface area contributed by atoms with Crippen LogP contribution in [0.25, 0.3) is 11.1 Å². The first-order chi connectivity index (χ1) is 13.6. The van der Waals surface area contributed by atoms with Gasteiger partial charge in [-0.3, -0.25) is 0 Å². The van der Waals surface area contributed by atoms with E-state index in [1.807, 2.05) is 33.8 Å². The Labute approximate surface area is 170 Å². The molecule has 5 N–H and O–H groups in total. The Bertz CT molecular complexity index is 870. The molecule has 0 unspecified atom stereocenters. The van der Waals surface area contributed by atoms with Gasteiger partial charge in [-0.15, -0.1) is 0 Å². The van der Waals surface area contributed by atoms with Crippen molar-refractivity contribution in [2.24, 2.45) is 0 Å². The number of pyridine rings is 1. The van der Waals surface area contributed by atoms with Crippen LogP contribution in [0.4, 0.5) is 22.4 Å². The summed E-state index contributed by atoms with van der Waals surface area (Å²) in [6, 6.07) is 3.72. The molecule has 0 atom stereocenters. The van der Waals surface area contributed by atoms with Crippen molar-refractivity contribution in [3.05, 3.63) is 24.0 Å². The molecule has 3 heterocycles. The van der Waals surface area contributed by atoms with Crippen molar-refractivity contribution in [3.8, 4) is 11.1 Å². The molecule has 29 heavy (non-hydrogen) atoms. The molecule has 0 spiro atoms. The number of anilines is 3. The van der Waals surface area contributed by atoms with Crippen LogP contribution in [-0.2, 0) is 4.74 Å². The normalized spacial score (nSPS) is 15.2. The lowest BCUT2D eigenvalue weighted by molar-refractivity contribution is 0.0497. The fraction of sp³-hybridized carbons (Fsp3) is 0.500. The first-order valence-electron chi connectivity index (χ1n) is 9.73. The van der Waals surface area contributed by atoms with Crippen LogP contribution in [0.15, 0.2) is 18.3 Å². The predicted molar refractivity (Wildman–Crippen MR) is 113 cm³/mol. The summed E-state index contributed by atoms with van der Waals surface area (Å²) in [5.74, 6) is 1.47. The second-order valence-corrected chi connectivity index (χ2v) is 8.25. The summed E-state index contributed by atoms with van der Waals surface area (Å²) in [6.07, 6.45) is 2.90. The van der Waals surface area contributed by atoms with Crippen LogP contribution in [0.5, 0.6) is 0 Å². The molecule has 0 aliphatic carbocycles. The van der Waals surface area contributed by atoms with Crippen molar-refractivity contribution in [2.75, 3.05) is 29.5 Å². The molecular weight excluding hydrogens is 370 g/mol. The molecule has 9 heteroatoms. The number of hydrogen-bond donors (Lipinski definition) is 3. The largest absolute Gasteiger partial charge is 0.444 e. The number of nitrogen functional groups attached to an aromatic ring is 2. The quantitative estimate of drug-likeness (QED) is 0.717. The summed E-state index contributed by atoms with van der Waals surface area (Å²) < 4.78 is 5.35. The second-order valence-electron chi connectivity index (χ2n) is 8.25. The van der Waals surface area contributed by atoms with E-state index >= 15 is 0 Å². The number of ether oxygens (including phenoxy) is 1. The molecule has 9 nitrogen and oxygen atoms in total. The van der Waals surface area contributed by atoms with Crippen molar-refractivity contribution in [3.63, 3.8) is 0 Å². The van der Waals surface area contributed by atoms with Crippen molar-refractivity contribution in [1.29, 1.82) is 0 Å². The zero-order valence-electron chi connectivity index (χ0n) is 17.4. The monoisotopic (exact) mass is 399 g/mol. The van der Waals surface area contributed by atoms with Crippen molar-refractivity contribution < 1.29 is 9.53 Å². The lowest BCUT2D eigenvalue weighted by Gasteiger charge is -2.34. The summed E-state index contributed by atoms with van der Waals surface area (Å²) in [6.45, 7) is 8.92. The third kappa shape index (κ3) is 5.24. The zero-order chi connectivity index (χ0) is 21.2. The average molecular weight is 399 g/mol. The van der Waals surface area contributed by atoms with E-state index < -0.39 is 5.60 Å². The number of hydrogen-bond acceptors (Lipinski definition) is 8. The van der Waals surface area contributed by atoms with Gasteiger partial charge < -0.3 is 26.4 Å². The molecule has 0 saturated carbocycles. The van der Waals surface area contributed by atoms with Gasteiger partial charge in [0.1, 0.15) is 17.2 Å². The number of nitrogens with one attached hydrogen (secondary N) is 1. The first-order valence-corrected chi connectivity index (χ1v) is 9.73. The topological polar surface area (TPSA) is 132 Å². The molecule has 1 amide bonds. The highest BCUT2D eigenvalue weighted by Crippen LogP contribution is 2.33. The molecule has 3 rings (SSSR count). The molecular formula is C20H29N7O2. The van der Waals surface area contributed by atoms with Gasteiger partial charge in [-0.2, -0.15) is 4.98 Å². The minimum atomic E-state index is -0.511. The van der Waals surface area contributed by atoms with E-state index in [4.69, 9.17) is 16.2 Å². The molecule has 1 aliphatic heterocycles. The molecule has 1 saturated heterocycles. The van der Waals surface area contributed by atoms with E-state index in [0.717, 1.165) is 48.6 Å². The number of aryl methyl sites for hydroxylation is 1. The van der Waals surface area contributed by atoms with E-state index in [1.54, 1.807) is 12.3 Å². The summed E-state index contributed by atoms with van der Waals surface area (Å²) in [5, 5.41) is 2.95. The van der Waals surface area contributed by atoms with Gasteiger partial charge in [-0.25, -0.2) is 14.8 Å². The van der Waals surface area contributed by atoms with Crippen LogP contribution >= 0.6 is 0 Å². The van der Waals surface area contributed by atoms with Crippen LogP contribution in [0.1, 0.15) is 39.3 Å². The Balaban J connectivity index is 1.75. The number of alkyl carbamates (subject to hydrolysis) is 1. The SMILES string of the molecule is Cc1nc(N)nc(N2CCC(NC(=O)OC(C)(C)C)CC2)c1-c1ccc(N)nc1. The average Bonchev–Trinajstić information content (AvgIpc) is 2.61. The summed E-state index contributed by atoms with van der Waals surface area (Å²) >= 11 is 0. The van der Waals surface area contributed by atoms with Crippen LogP contribution < -0.4 is 21.7 Å². The van der Waals surface area contributed by atoms with E-state index in [2.05, 4.69) is 25.2 Å². The number of carbonyl (C=O) groups is 1. The second kappa shape index (κ2) is 8.10. The fourth-order valence-electron chi connectivity index (χ4n) is 3.41. The molecule has 1 aliphatic rings. The molecule has 0 radical (unpaired) electrons. The molecule has 1 fully saturated rings. The van der Waals surface area contributed by atoms with Crippen molar-refractivity contribution >= 4 is 23.7 Å². The minimum absolute atomic E-state index is 0.0584. The number of carbonyl (C=O) groups excluding carboxylic acids is 1. The van der Waals surface area contributed by atoms with Crippen molar-refractivity contribution in [2.45, 2.75) is 52.2 Å². The van der Waals surface area contributed by atoms with Gasteiger partial charge in [0.2, 0.25) is 5.95 Å². The van der Waals surface area contributed by atoms with E-state index in [-0.39, 0.29) is 18.1 Å². The maximum atomic E-state index is 12.0. The van der Waals surface area contributed by atoms with E-state index in [1.165, 1.54) is 0 Å². The number of aromatic nitrogens is 3. The standard InChI is InChI=1S/C20H29N7O2/c1-12-16(13-5-6-15(21)23-11-13)17(26-18(22)24-12)27-9-7-14(8-10-27)25-19(28)29-20(2,3)4/h5-6,11,14H,7-10H2,1-4H3,(H2,21,23)(H,25,28)(H2,22,24,26). The Hall–Kier alpha value is -3.10. The maximum Gasteiger partial charge on any atom is 0.407 e. The van der Waals surface area contributed by atoms with Gasteiger partial charge in [0.15, 0.2) is 0 Å². The van der Waals surface area contributed by atoms with E-state index in [9.17, 15) is 4.79 Å². The predicted octanol–water partition coefficient (Wildman–Crippen LogP) is 2.50. The molecule has 0 aromatic carbocycles. The lowest BCUT2D eigenvalue weighted by Crippen LogP contribution is -2.46. The van der Waals surface area contributed by atoms with Crippen LogP contribution in [-0.4, -0.2) is 45.8 Å². The Morgan fingerprint density at radius 3 is 2.48 bits per heavy atom. The van der Waals surface area contributed by atoms with Gasteiger partial charge >= 0.3 is 6.09 Å². The highest BCUT2D eigenvalue weighted by atomic mass is 16.6. The molecule has 2 aromatic heterocycles. The van der Waals surface area contributed by atoms with Gasteiger partial charge in [0.05, 0.1) is 5.69 Å². The first kappa shape index (κ1) is 20.6. The number of nitrogens with zero attached hydrogens (tertiary/aromatic N) is 4. The van der Waals surface area contributed by atoms with Crippen LogP contribution in [0, 0.1) is 6.92 Å². The van der Waals surface area contributed by atoms with Crippen molar-refractivity contribution in [1.82, 2.24) is 20.3 Å². The fourth-order valence-corrected chi connectivity index (χ4v) is 3.41. The Kier molecular flexibility index (Phi) is 5.76. The Morgan fingerprint density at radius 1 is 1.21 bits per heavy atom. The van der Waals surface area contributed by atoms with E-state index in [0.29, 0.717) is 5.82 Å². The number of nitrogens with two attached hydrogens (primary N) is 2. The zero-order valence-corrected chi connectivity index (χ0v) is 17.4. The number of rotatable bonds is 3. The van der Waals surface area contributed by atoms with Gasteiger partial charge in [-0.1, -0.05) is 0 Å². The van der Waals surface area contributed by atoms with Crippen LogP contribution in [0.3, 0.4) is 0 Å². The third-order valence-corrected chi connectivity index (χ3v) is 4.68. The number of piperidine rings is 1. The highest BCUT2D eigenvalue weighted by molar-refractivity contribution is 5.78. The van der Waals surface area contributed by atoms with Crippen LogP contribution in [0.2, 0.25) is 0 Å².